The molecule has 0 aliphatic carbocycles. The molecule has 1 aromatic carbocycles. The van der Waals surface area contributed by atoms with Crippen LogP contribution in [0.3, 0.4) is 0 Å². The zero-order valence-corrected chi connectivity index (χ0v) is 11.3. The normalized spacial score (nSPS) is 10.1. The number of hydrogen-bond donors (Lipinski definition) is 1. The van der Waals surface area contributed by atoms with Gasteiger partial charge in [0.2, 0.25) is 5.91 Å². The van der Waals surface area contributed by atoms with Crippen LogP contribution in [0.4, 0.5) is 11.4 Å². The van der Waals surface area contributed by atoms with Crippen molar-refractivity contribution in [2.45, 2.75) is 13.5 Å². The first-order valence-electron chi connectivity index (χ1n) is 6.18. The molecule has 2 rings (SSSR count). The number of amides is 1. The number of benzene rings is 1. The van der Waals surface area contributed by atoms with Gasteiger partial charge in [0.25, 0.3) is 11.2 Å². The van der Waals surface area contributed by atoms with Crippen LogP contribution < -0.4 is 10.9 Å². The molecule has 0 unspecified atom stereocenters. The molecule has 0 aliphatic rings. The van der Waals surface area contributed by atoms with Crippen molar-refractivity contribution in [1.29, 1.82) is 0 Å². The Morgan fingerprint density at radius 3 is 2.57 bits per heavy atom. The summed E-state index contributed by atoms with van der Waals surface area (Å²) in [6.07, 6.45) is 1.53. The van der Waals surface area contributed by atoms with Gasteiger partial charge in [-0.25, -0.2) is 0 Å². The van der Waals surface area contributed by atoms with Crippen molar-refractivity contribution in [3.63, 3.8) is 0 Å². The van der Waals surface area contributed by atoms with Crippen molar-refractivity contribution in [2.75, 3.05) is 5.32 Å². The van der Waals surface area contributed by atoms with Crippen molar-refractivity contribution >= 4 is 17.3 Å². The van der Waals surface area contributed by atoms with E-state index in [9.17, 15) is 19.7 Å². The van der Waals surface area contributed by atoms with Gasteiger partial charge in [-0.2, -0.15) is 0 Å². The molecule has 0 aliphatic heterocycles. The molecule has 1 aromatic heterocycles. The number of carbonyl (C=O) groups is 1. The molecule has 108 valence electrons. The minimum Gasteiger partial charge on any atom is -0.325 e. The number of rotatable bonds is 4. The summed E-state index contributed by atoms with van der Waals surface area (Å²) in [7, 11) is 0. The van der Waals surface area contributed by atoms with Crippen LogP contribution in [0.15, 0.2) is 47.4 Å². The molecule has 0 atom stereocenters. The summed E-state index contributed by atoms with van der Waals surface area (Å²) < 4.78 is 1.30. The number of pyridine rings is 1. The number of nitrogens with one attached hydrogen (secondary N) is 1. The van der Waals surface area contributed by atoms with Crippen molar-refractivity contribution < 1.29 is 9.72 Å². The monoisotopic (exact) mass is 287 g/mol. The van der Waals surface area contributed by atoms with Gasteiger partial charge in [0.1, 0.15) is 6.54 Å². The Morgan fingerprint density at radius 2 is 1.95 bits per heavy atom. The van der Waals surface area contributed by atoms with Gasteiger partial charge < -0.3 is 9.88 Å². The number of hydrogen-bond acceptors (Lipinski definition) is 4. The fourth-order valence-electron chi connectivity index (χ4n) is 1.80. The summed E-state index contributed by atoms with van der Waals surface area (Å²) >= 11 is 0. The molecule has 1 N–H and O–H groups in total. The molecule has 0 bridgehead atoms. The van der Waals surface area contributed by atoms with E-state index in [-0.39, 0.29) is 23.7 Å². The highest BCUT2D eigenvalue weighted by Crippen LogP contribution is 2.15. The highest BCUT2D eigenvalue weighted by Gasteiger charge is 2.08. The average Bonchev–Trinajstić information content (AvgIpc) is 2.44. The van der Waals surface area contributed by atoms with E-state index in [2.05, 4.69) is 5.32 Å². The summed E-state index contributed by atoms with van der Waals surface area (Å²) in [4.78, 5) is 33.7. The van der Waals surface area contributed by atoms with Gasteiger partial charge in [-0.1, -0.05) is 6.07 Å². The van der Waals surface area contributed by atoms with Crippen molar-refractivity contribution in [3.8, 4) is 0 Å². The lowest BCUT2D eigenvalue weighted by molar-refractivity contribution is -0.384. The van der Waals surface area contributed by atoms with Crippen LogP contribution in [-0.4, -0.2) is 15.4 Å². The highest BCUT2D eigenvalue weighted by molar-refractivity contribution is 5.90. The molecule has 1 heterocycles. The standard InChI is InChI=1S/C14H13N3O4/c1-10-3-2-8-16(14(10)19)9-13(18)15-11-4-6-12(7-5-11)17(20)21/h2-8H,9H2,1H3,(H,15,18). The van der Waals surface area contributed by atoms with Gasteiger partial charge in [0, 0.05) is 29.6 Å². The minimum absolute atomic E-state index is 0.0529. The van der Waals surface area contributed by atoms with E-state index in [1.165, 1.54) is 35.0 Å². The number of aryl methyl sites for hydroxylation is 1. The number of aromatic nitrogens is 1. The van der Waals surface area contributed by atoms with E-state index in [0.717, 1.165) is 0 Å². The maximum absolute atomic E-state index is 11.9. The van der Waals surface area contributed by atoms with Crippen LogP contribution in [0.1, 0.15) is 5.56 Å². The maximum atomic E-state index is 11.9. The molecule has 1 amide bonds. The average molecular weight is 287 g/mol. The Morgan fingerprint density at radius 1 is 1.29 bits per heavy atom. The third-order valence-corrected chi connectivity index (χ3v) is 2.89. The lowest BCUT2D eigenvalue weighted by Gasteiger charge is -2.07. The first-order valence-corrected chi connectivity index (χ1v) is 6.18. The second-order valence-corrected chi connectivity index (χ2v) is 4.48. The van der Waals surface area contributed by atoms with Crippen LogP contribution in [0.25, 0.3) is 0 Å². The smallest absolute Gasteiger partial charge is 0.269 e. The Labute approximate surface area is 120 Å². The highest BCUT2D eigenvalue weighted by atomic mass is 16.6. The molecular weight excluding hydrogens is 274 g/mol. The maximum Gasteiger partial charge on any atom is 0.269 e. The predicted molar refractivity (Wildman–Crippen MR) is 77.2 cm³/mol. The van der Waals surface area contributed by atoms with Gasteiger partial charge in [-0.05, 0) is 25.1 Å². The summed E-state index contributed by atoms with van der Waals surface area (Å²) in [5, 5.41) is 13.1. The molecule has 21 heavy (non-hydrogen) atoms. The SMILES string of the molecule is Cc1cccn(CC(=O)Nc2ccc([N+](=O)[O-])cc2)c1=O. The topological polar surface area (TPSA) is 94.2 Å². The molecule has 0 fully saturated rings. The minimum atomic E-state index is -0.516. The van der Waals surface area contributed by atoms with Gasteiger partial charge in [-0.3, -0.25) is 19.7 Å². The van der Waals surface area contributed by atoms with E-state index < -0.39 is 4.92 Å². The summed E-state index contributed by atoms with van der Waals surface area (Å²) in [5.74, 6) is -0.378. The Bertz CT molecular complexity index is 735. The zero-order chi connectivity index (χ0) is 15.4. The summed E-state index contributed by atoms with van der Waals surface area (Å²) in [5.41, 5.74) is 0.714. The second kappa shape index (κ2) is 6.00. The molecule has 7 nitrogen and oxygen atoms in total. The fraction of sp³-hybridized carbons (Fsp3) is 0.143. The summed E-state index contributed by atoms with van der Waals surface area (Å²) in [6, 6.07) is 8.84. The Kier molecular flexibility index (Phi) is 4.13. The third-order valence-electron chi connectivity index (χ3n) is 2.89. The van der Waals surface area contributed by atoms with Crippen LogP contribution in [0, 0.1) is 17.0 Å². The van der Waals surface area contributed by atoms with E-state index in [0.29, 0.717) is 11.3 Å². The number of nitro benzene ring substituents is 1. The quantitative estimate of drug-likeness (QED) is 0.684. The third kappa shape index (κ3) is 3.53. The lowest BCUT2D eigenvalue weighted by Crippen LogP contribution is -2.28. The van der Waals surface area contributed by atoms with Crippen molar-refractivity contribution in [3.05, 3.63) is 68.6 Å². The van der Waals surface area contributed by atoms with Crippen LogP contribution in [0.2, 0.25) is 0 Å². The number of non-ortho nitro benzene ring substituents is 1. The molecule has 0 saturated heterocycles. The zero-order valence-electron chi connectivity index (χ0n) is 11.3. The van der Waals surface area contributed by atoms with Crippen LogP contribution in [0.5, 0.6) is 0 Å². The Balaban J connectivity index is 2.06. The first-order chi connectivity index (χ1) is 9.97. The van der Waals surface area contributed by atoms with Gasteiger partial charge >= 0.3 is 0 Å². The molecule has 2 aromatic rings. The number of nitrogens with zero attached hydrogens (tertiary/aromatic N) is 2. The fourth-order valence-corrected chi connectivity index (χ4v) is 1.80. The van der Waals surface area contributed by atoms with Crippen molar-refractivity contribution in [1.82, 2.24) is 4.57 Å². The molecule has 0 radical (unpaired) electrons. The number of anilines is 1. The van der Waals surface area contributed by atoms with E-state index in [1.807, 2.05) is 0 Å². The van der Waals surface area contributed by atoms with E-state index >= 15 is 0 Å². The largest absolute Gasteiger partial charge is 0.325 e. The molecule has 0 saturated carbocycles. The lowest BCUT2D eigenvalue weighted by atomic mass is 10.3. The van der Waals surface area contributed by atoms with E-state index in [1.54, 1.807) is 19.1 Å². The van der Waals surface area contributed by atoms with Gasteiger partial charge in [0.05, 0.1) is 4.92 Å². The van der Waals surface area contributed by atoms with Gasteiger partial charge in [-0.15, -0.1) is 0 Å². The van der Waals surface area contributed by atoms with Crippen LogP contribution >= 0.6 is 0 Å². The molecular formula is C14H13N3O4. The summed E-state index contributed by atoms with van der Waals surface area (Å²) in [6.45, 7) is 1.56. The second-order valence-electron chi connectivity index (χ2n) is 4.48. The van der Waals surface area contributed by atoms with Crippen LogP contribution in [-0.2, 0) is 11.3 Å². The molecule has 7 heteroatoms. The Hall–Kier alpha value is -2.96. The first kappa shape index (κ1) is 14.4. The van der Waals surface area contributed by atoms with Gasteiger partial charge in [0.15, 0.2) is 0 Å². The predicted octanol–water partition coefficient (Wildman–Crippen LogP) is 1.70. The molecule has 0 spiro atoms. The van der Waals surface area contributed by atoms with E-state index in [4.69, 9.17) is 0 Å². The van der Waals surface area contributed by atoms with Crippen molar-refractivity contribution in [2.24, 2.45) is 0 Å². The number of carbonyl (C=O) groups excluding carboxylic acids is 1. The number of nitro groups is 1.